The number of carbonyl (C=O) groups is 1. The van der Waals surface area contributed by atoms with Gasteiger partial charge in [0.05, 0.1) is 11.5 Å². The fourth-order valence-electron chi connectivity index (χ4n) is 1.66. The number of nitrogens with zero attached hydrogens (tertiary/aromatic N) is 3. The van der Waals surface area contributed by atoms with Crippen LogP contribution in [0.4, 0.5) is 11.5 Å². The zero-order valence-electron chi connectivity index (χ0n) is 10.6. The highest BCUT2D eigenvalue weighted by Gasteiger charge is 2.25. The third-order valence-electron chi connectivity index (χ3n) is 2.48. The first-order valence-electron chi connectivity index (χ1n) is 5.81. The van der Waals surface area contributed by atoms with Crippen LogP contribution < -0.4 is 5.73 Å². The fraction of sp³-hybridized carbons (Fsp3) is 0.455. The lowest BCUT2D eigenvalue weighted by atomic mass is 10.2. The first-order valence-corrected chi connectivity index (χ1v) is 5.81. The summed E-state index contributed by atoms with van der Waals surface area (Å²) >= 11 is 0. The molecule has 0 unspecified atom stereocenters. The summed E-state index contributed by atoms with van der Waals surface area (Å²) < 4.78 is 0. The Morgan fingerprint density at radius 1 is 1.58 bits per heavy atom. The van der Waals surface area contributed by atoms with Gasteiger partial charge in [-0.15, -0.1) is 0 Å². The number of hydrogen-bond acceptors (Lipinski definition) is 6. The number of aromatic nitrogens is 1. The highest BCUT2D eigenvalue weighted by molar-refractivity contribution is 5.98. The van der Waals surface area contributed by atoms with Gasteiger partial charge in [0.1, 0.15) is 17.6 Å². The Kier molecular flexibility index (Phi) is 5.19. The second kappa shape index (κ2) is 6.64. The molecule has 19 heavy (non-hydrogen) atoms. The van der Waals surface area contributed by atoms with Gasteiger partial charge in [0.2, 0.25) is 0 Å². The maximum absolute atomic E-state index is 12.2. The normalized spacial score (nSPS) is 10.2. The average molecular weight is 268 g/mol. The molecule has 0 aromatic carbocycles. The van der Waals surface area contributed by atoms with E-state index < -0.39 is 16.5 Å². The van der Waals surface area contributed by atoms with E-state index in [4.69, 9.17) is 10.8 Å². The van der Waals surface area contributed by atoms with Crippen molar-refractivity contribution in [3.63, 3.8) is 0 Å². The predicted molar refractivity (Wildman–Crippen MR) is 68.6 cm³/mol. The van der Waals surface area contributed by atoms with Crippen LogP contribution in [0.2, 0.25) is 0 Å². The van der Waals surface area contributed by atoms with Gasteiger partial charge in [-0.25, -0.2) is 4.98 Å². The van der Waals surface area contributed by atoms with Crippen molar-refractivity contribution in [2.45, 2.75) is 13.3 Å². The molecule has 1 amide bonds. The zero-order valence-corrected chi connectivity index (χ0v) is 10.6. The average Bonchev–Trinajstić information content (AvgIpc) is 2.37. The molecule has 8 nitrogen and oxygen atoms in total. The number of pyridine rings is 1. The molecule has 0 atom stereocenters. The molecule has 0 fully saturated rings. The van der Waals surface area contributed by atoms with Gasteiger partial charge in [-0.3, -0.25) is 14.9 Å². The van der Waals surface area contributed by atoms with Gasteiger partial charge in [-0.1, -0.05) is 6.92 Å². The molecule has 0 aliphatic rings. The second-order valence-corrected chi connectivity index (χ2v) is 3.90. The standard InChI is InChI=1S/C11H16N4O4/c1-2-3-14(4-5-16)11(17)8-6-10(12)13-7-9(8)15(18)19/h6-7,16H,2-5H2,1H3,(H2,12,13). The van der Waals surface area contributed by atoms with Gasteiger partial charge in [-0.2, -0.15) is 0 Å². The van der Waals surface area contributed by atoms with Crippen LogP contribution in [-0.2, 0) is 0 Å². The first kappa shape index (κ1) is 14.8. The SMILES string of the molecule is CCCN(CCO)C(=O)c1cc(N)ncc1[N+](=O)[O-]. The Balaban J connectivity index is 3.15. The van der Waals surface area contributed by atoms with Crippen LogP contribution in [-0.4, -0.2) is 45.5 Å². The molecule has 8 heteroatoms. The number of aliphatic hydroxyl groups is 1. The van der Waals surface area contributed by atoms with Crippen LogP contribution in [0.3, 0.4) is 0 Å². The molecule has 0 saturated heterocycles. The minimum absolute atomic E-state index is 0.0365. The summed E-state index contributed by atoms with van der Waals surface area (Å²) in [6.07, 6.45) is 1.64. The summed E-state index contributed by atoms with van der Waals surface area (Å²) in [6, 6.07) is 1.18. The monoisotopic (exact) mass is 268 g/mol. The maximum atomic E-state index is 12.2. The van der Waals surface area contributed by atoms with Crippen LogP contribution in [0.15, 0.2) is 12.3 Å². The van der Waals surface area contributed by atoms with Gasteiger partial charge in [0.25, 0.3) is 11.6 Å². The molecule has 0 radical (unpaired) electrons. The van der Waals surface area contributed by atoms with Crippen molar-refractivity contribution in [2.75, 3.05) is 25.4 Å². The molecule has 3 N–H and O–H groups in total. The van der Waals surface area contributed by atoms with E-state index in [0.29, 0.717) is 13.0 Å². The highest BCUT2D eigenvalue weighted by atomic mass is 16.6. The van der Waals surface area contributed by atoms with E-state index >= 15 is 0 Å². The van der Waals surface area contributed by atoms with Crippen LogP contribution >= 0.6 is 0 Å². The maximum Gasteiger partial charge on any atom is 0.300 e. The summed E-state index contributed by atoms with van der Waals surface area (Å²) in [7, 11) is 0. The summed E-state index contributed by atoms with van der Waals surface area (Å²) in [6.45, 7) is 2.18. The van der Waals surface area contributed by atoms with E-state index in [9.17, 15) is 14.9 Å². The summed E-state index contributed by atoms with van der Waals surface area (Å²) in [4.78, 5) is 27.4. The predicted octanol–water partition coefficient (Wildman–Crippen LogP) is 0.417. The van der Waals surface area contributed by atoms with Crippen LogP contribution in [0.1, 0.15) is 23.7 Å². The minimum atomic E-state index is -0.678. The van der Waals surface area contributed by atoms with Crippen LogP contribution in [0.5, 0.6) is 0 Å². The minimum Gasteiger partial charge on any atom is -0.395 e. The van der Waals surface area contributed by atoms with E-state index in [1.807, 2.05) is 6.92 Å². The largest absolute Gasteiger partial charge is 0.395 e. The molecule has 1 heterocycles. The Morgan fingerprint density at radius 2 is 2.26 bits per heavy atom. The number of rotatable bonds is 6. The molecule has 0 aliphatic carbocycles. The van der Waals surface area contributed by atoms with Crippen LogP contribution in [0, 0.1) is 10.1 Å². The molecule has 1 aromatic rings. The van der Waals surface area contributed by atoms with Crippen molar-refractivity contribution < 1.29 is 14.8 Å². The lowest BCUT2D eigenvalue weighted by molar-refractivity contribution is -0.385. The third-order valence-corrected chi connectivity index (χ3v) is 2.48. The number of nitrogen functional groups attached to an aromatic ring is 1. The lowest BCUT2D eigenvalue weighted by Crippen LogP contribution is -2.34. The van der Waals surface area contributed by atoms with Gasteiger partial charge in [-0.05, 0) is 12.5 Å². The summed E-state index contributed by atoms with van der Waals surface area (Å²) in [5, 5.41) is 19.8. The van der Waals surface area contributed by atoms with E-state index in [2.05, 4.69) is 4.98 Å². The topological polar surface area (TPSA) is 123 Å². The van der Waals surface area contributed by atoms with E-state index in [-0.39, 0.29) is 24.5 Å². The van der Waals surface area contributed by atoms with Gasteiger partial charge < -0.3 is 15.7 Å². The highest BCUT2D eigenvalue weighted by Crippen LogP contribution is 2.21. The quantitative estimate of drug-likeness (QED) is 0.569. The van der Waals surface area contributed by atoms with Crippen molar-refractivity contribution in [3.8, 4) is 0 Å². The number of anilines is 1. The number of amides is 1. The number of hydrogen-bond donors (Lipinski definition) is 2. The Labute approximate surface area is 110 Å². The van der Waals surface area contributed by atoms with Crippen molar-refractivity contribution in [1.82, 2.24) is 9.88 Å². The Bertz CT molecular complexity index is 472. The Hall–Kier alpha value is -2.22. The molecule has 0 saturated carbocycles. The third kappa shape index (κ3) is 3.62. The fourth-order valence-corrected chi connectivity index (χ4v) is 1.66. The van der Waals surface area contributed by atoms with Crippen molar-refractivity contribution in [3.05, 3.63) is 27.9 Å². The lowest BCUT2D eigenvalue weighted by Gasteiger charge is -2.20. The molecular weight excluding hydrogens is 252 g/mol. The van der Waals surface area contributed by atoms with E-state index in [1.165, 1.54) is 11.0 Å². The molecular formula is C11H16N4O4. The summed E-state index contributed by atoms with van der Waals surface area (Å²) in [5.41, 5.74) is 4.96. The van der Waals surface area contributed by atoms with Crippen molar-refractivity contribution in [1.29, 1.82) is 0 Å². The van der Waals surface area contributed by atoms with Gasteiger partial charge >= 0.3 is 0 Å². The smallest absolute Gasteiger partial charge is 0.300 e. The summed E-state index contributed by atoms with van der Waals surface area (Å²) in [5.74, 6) is -0.494. The number of carbonyl (C=O) groups excluding carboxylic acids is 1. The number of nitrogens with two attached hydrogens (primary N) is 1. The zero-order chi connectivity index (χ0) is 14.4. The number of nitro groups is 1. The van der Waals surface area contributed by atoms with Crippen LogP contribution in [0.25, 0.3) is 0 Å². The molecule has 0 aliphatic heterocycles. The first-order chi connectivity index (χ1) is 9.01. The molecule has 104 valence electrons. The van der Waals surface area contributed by atoms with Gasteiger partial charge in [0.15, 0.2) is 0 Å². The Morgan fingerprint density at radius 3 is 2.79 bits per heavy atom. The molecule has 0 bridgehead atoms. The number of aliphatic hydroxyl groups excluding tert-OH is 1. The molecule has 1 rings (SSSR count). The van der Waals surface area contributed by atoms with Gasteiger partial charge in [0, 0.05) is 13.1 Å². The molecule has 0 spiro atoms. The van der Waals surface area contributed by atoms with Crippen molar-refractivity contribution >= 4 is 17.4 Å². The van der Waals surface area contributed by atoms with E-state index in [0.717, 1.165) is 6.20 Å². The second-order valence-electron chi connectivity index (χ2n) is 3.90. The van der Waals surface area contributed by atoms with Crippen molar-refractivity contribution in [2.24, 2.45) is 0 Å². The van der Waals surface area contributed by atoms with E-state index in [1.54, 1.807) is 0 Å². The molecule has 1 aromatic heterocycles.